The third-order valence-electron chi connectivity index (χ3n) is 2.63. The van der Waals surface area contributed by atoms with Crippen molar-refractivity contribution in [3.8, 4) is 17.0 Å². The lowest BCUT2D eigenvalue weighted by Crippen LogP contribution is -1.94. The van der Waals surface area contributed by atoms with Gasteiger partial charge in [-0.3, -0.25) is 0 Å². The van der Waals surface area contributed by atoms with Crippen LogP contribution in [0, 0.1) is 0 Å². The molecule has 18 heavy (non-hydrogen) atoms. The summed E-state index contributed by atoms with van der Waals surface area (Å²) in [6, 6.07) is 7.58. The maximum absolute atomic E-state index is 5.62. The lowest BCUT2D eigenvalue weighted by Gasteiger charge is -2.07. The van der Waals surface area contributed by atoms with Gasteiger partial charge in [0.1, 0.15) is 0 Å². The monoisotopic (exact) mass is 241 g/mol. The Morgan fingerprint density at radius 2 is 2.06 bits per heavy atom. The summed E-state index contributed by atoms with van der Waals surface area (Å²) < 4.78 is 6.89. The zero-order chi connectivity index (χ0) is 12.5. The van der Waals surface area contributed by atoms with Gasteiger partial charge in [-0.15, -0.1) is 5.10 Å². The minimum Gasteiger partial charge on any atom is -0.481 e. The third kappa shape index (κ3) is 1.55. The fraction of sp³-hybridized carbons (Fsp3) is 0.0833. The van der Waals surface area contributed by atoms with Crippen LogP contribution in [-0.2, 0) is 0 Å². The second kappa shape index (κ2) is 3.99. The number of nitrogens with zero attached hydrogens (tertiary/aromatic N) is 4. The Hall–Kier alpha value is -2.63. The molecule has 3 rings (SSSR count). The molecule has 0 saturated carbocycles. The molecular formula is C12H11N5O. The Morgan fingerprint density at radius 3 is 2.89 bits per heavy atom. The molecule has 0 radical (unpaired) electrons. The summed E-state index contributed by atoms with van der Waals surface area (Å²) in [7, 11) is 1.59. The second-order valence-corrected chi connectivity index (χ2v) is 3.72. The number of hydrogen-bond acceptors (Lipinski definition) is 5. The number of hydrogen-bond donors (Lipinski definition) is 1. The standard InChI is InChI=1S/C12H11N5O/c1-18-11-9(4-2-6-14-11)8-5-3-7-17-10(8)15-12(13)16-17/h2-7H,1H3,(H2,13,16). The van der Waals surface area contributed by atoms with Crippen LogP contribution in [0.4, 0.5) is 5.95 Å². The number of pyridine rings is 2. The maximum atomic E-state index is 5.62. The molecule has 2 N–H and O–H groups in total. The number of fused-ring (bicyclic) bond motifs is 1. The normalized spacial score (nSPS) is 10.7. The first kappa shape index (κ1) is 10.5. The summed E-state index contributed by atoms with van der Waals surface area (Å²) in [6.07, 6.45) is 3.48. The van der Waals surface area contributed by atoms with Crippen LogP contribution in [0.15, 0.2) is 36.7 Å². The number of rotatable bonds is 2. The highest BCUT2D eigenvalue weighted by Crippen LogP contribution is 2.30. The number of ether oxygens (including phenoxy) is 1. The molecule has 0 spiro atoms. The minimum absolute atomic E-state index is 0.241. The Labute approximate surface area is 103 Å². The molecule has 0 atom stereocenters. The molecule has 0 bridgehead atoms. The van der Waals surface area contributed by atoms with Crippen LogP contribution >= 0.6 is 0 Å². The summed E-state index contributed by atoms with van der Waals surface area (Å²) in [5.74, 6) is 0.789. The van der Waals surface area contributed by atoms with E-state index < -0.39 is 0 Å². The van der Waals surface area contributed by atoms with Crippen molar-refractivity contribution in [1.82, 2.24) is 19.6 Å². The number of anilines is 1. The average Bonchev–Trinajstić information content (AvgIpc) is 2.78. The summed E-state index contributed by atoms with van der Waals surface area (Å²) in [5.41, 5.74) is 8.04. The molecule has 3 aromatic rings. The molecule has 3 heterocycles. The predicted molar refractivity (Wildman–Crippen MR) is 67.2 cm³/mol. The quantitative estimate of drug-likeness (QED) is 0.733. The number of nitrogens with two attached hydrogens (primary N) is 1. The van der Waals surface area contributed by atoms with E-state index in [4.69, 9.17) is 10.5 Å². The van der Waals surface area contributed by atoms with Gasteiger partial charge in [0.2, 0.25) is 11.8 Å². The Morgan fingerprint density at radius 1 is 1.22 bits per heavy atom. The largest absolute Gasteiger partial charge is 0.481 e. The number of nitrogen functional groups attached to an aromatic ring is 1. The summed E-state index contributed by atoms with van der Waals surface area (Å²) in [6.45, 7) is 0. The zero-order valence-corrected chi connectivity index (χ0v) is 9.74. The molecule has 3 aromatic heterocycles. The van der Waals surface area contributed by atoms with Gasteiger partial charge in [-0.25, -0.2) is 9.50 Å². The molecule has 0 fully saturated rings. The van der Waals surface area contributed by atoms with Gasteiger partial charge in [0.25, 0.3) is 0 Å². The van der Waals surface area contributed by atoms with Crippen molar-refractivity contribution in [2.75, 3.05) is 12.8 Å². The molecule has 0 saturated heterocycles. The maximum Gasteiger partial charge on any atom is 0.240 e. The second-order valence-electron chi connectivity index (χ2n) is 3.72. The van der Waals surface area contributed by atoms with Crippen molar-refractivity contribution >= 4 is 11.6 Å². The molecule has 0 aliphatic heterocycles. The van der Waals surface area contributed by atoms with Gasteiger partial charge >= 0.3 is 0 Å². The molecule has 0 unspecified atom stereocenters. The van der Waals surface area contributed by atoms with Crippen LogP contribution in [0.1, 0.15) is 0 Å². The smallest absolute Gasteiger partial charge is 0.240 e. The molecule has 0 aliphatic rings. The van der Waals surface area contributed by atoms with E-state index >= 15 is 0 Å². The van der Waals surface area contributed by atoms with E-state index in [1.807, 2.05) is 24.3 Å². The molecule has 6 heteroatoms. The van der Waals surface area contributed by atoms with Gasteiger partial charge in [-0.2, -0.15) is 4.98 Å². The first-order chi connectivity index (χ1) is 8.79. The lowest BCUT2D eigenvalue weighted by atomic mass is 10.1. The number of aromatic nitrogens is 4. The first-order valence-electron chi connectivity index (χ1n) is 5.40. The Bertz CT molecular complexity index is 707. The van der Waals surface area contributed by atoms with Crippen molar-refractivity contribution in [3.05, 3.63) is 36.7 Å². The summed E-state index contributed by atoms with van der Waals surface area (Å²) in [4.78, 5) is 8.39. The van der Waals surface area contributed by atoms with Crippen molar-refractivity contribution in [2.24, 2.45) is 0 Å². The van der Waals surface area contributed by atoms with E-state index in [1.165, 1.54) is 0 Å². The first-order valence-corrected chi connectivity index (χ1v) is 5.40. The van der Waals surface area contributed by atoms with Crippen molar-refractivity contribution in [2.45, 2.75) is 0 Å². The van der Waals surface area contributed by atoms with Crippen LogP contribution in [0.5, 0.6) is 5.88 Å². The molecular weight excluding hydrogens is 230 g/mol. The fourth-order valence-electron chi connectivity index (χ4n) is 1.89. The van der Waals surface area contributed by atoms with E-state index in [-0.39, 0.29) is 5.95 Å². The molecule has 90 valence electrons. The third-order valence-corrected chi connectivity index (χ3v) is 2.63. The van der Waals surface area contributed by atoms with Crippen LogP contribution in [0.2, 0.25) is 0 Å². The molecule has 0 aliphatic carbocycles. The molecule has 0 aromatic carbocycles. The van der Waals surface area contributed by atoms with Gasteiger partial charge in [0, 0.05) is 23.5 Å². The zero-order valence-electron chi connectivity index (χ0n) is 9.74. The molecule has 6 nitrogen and oxygen atoms in total. The van der Waals surface area contributed by atoms with Gasteiger partial charge < -0.3 is 10.5 Å². The highest BCUT2D eigenvalue weighted by atomic mass is 16.5. The van der Waals surface area contributed by atoms with E-state index in [2.05, 4.69) is 15.1 Å². The summed E-state index contributed by atoms with van der Waals surface area (Å²) >= 11 is 0. The van der Waals surface area contributed by atoms with E-state index in [1.54, 1.807) is 24.0 Å². The Balaban J connectivity index is 2.31. The van der Waals surface area contributed by atoms with E-state index in [0.29, 0.717) is 11.5 Å². The van der Waals surface area contributed by atoms with Gasteiger partial charge in [0.15, 0.2) is 5.65 Å². The van der Waals surface area contributed by atoms with Crippen molar-refractivity contribution < 1.29 is 4.74 Å². The van der Waals surface area contributed by atoms with E-state index in [0.717, 1.165) is 11.1 Å². The fourth-order valence-corrected chi connectivity index (χ4v) is 1.89. The molecule has 0 amide bonds. The summed E-state index contributed by atoms with van der Waals surface area (Å²) in [5, 5.41) is 4.08. The van der Waals surface area contributed by atoms with Crippen LogP contribution in [0.3, 0.4) is 0 Å². The van der Waals surface area contributed by atoms with Gasteiger partial charge in [-0.05, 0) is 24.3 Å². The SMILES string of the molecule is COc1ncccc1-c1cccn2nc(N)nc12. The van der Waals surface area contributed by atoms with E-state index in [9.17, 15) is 0 Å². The van der Waals surface area contributed by atoms with Crippen LogP contribution in [-0.4, -0.2) is 26.7 Å². The predicted octanol–water partition coefficient (Wildman–Crippen LogP) is 1.38. The van der Waals surface area contributed by atoms with Crippen LogP contribution < -0.4 is 10.5 Å². The van der Waals surface area contributed by atoms with Gasteiger partial charge in [0.05, 0.1) is 7.11 Å². The van der Waals surface area contributed by atoms with Gasteiger partial charge in [-0.1, -0.05) is 0 Å². The van der Waals surface area contributed by atoms with Crippen molar-refractivity contribution in [1.29, 1.82) is 0 Å². The topological polar surface area (TPSA) is 78.3 Å². The van der Waals surface area contributed by atoms with Crippen LogP contribution in [0.25, 0.3) is 16.8 Å². The number of methoxy groups -OCH3 is 1. The van der Waals surface area contributed by atoms with Crippen molar-refractivity contribution in [3.63, 3.8) is 0 Å². The Kier molecular flexibility index (Phi) is 2.33. The highest BCUT2D eigenvalue weighted by Gasteiger charge is 2.12. The lowest BCUT2D eigenvalue weighted by molar-refractivity contribution is 0.399. The highest BCUT2D eigenvalue weighted by molar-refractivity contribution is 5.80. The average molecular weight is 241 g/mol. The minimum atomic E-state index is 0.241.